The highest BCUT2D eigenvalue weighted by Crippen LogP contribution is 2.27. The summed E-state index contributed by atoms with van der Waals surface area (Å²) in [7, 11) is -0.735. The summed E-state index contributed by atoms with van der Waals surface area (Å²) < 4.78 is 42.4. The zero-order valence-electron chi connectivity index (χ0n) is 16.5. The number of ether oxygens (including phenoxy) is 3. The molecule has 0 saturated heterocycles. The number of methoxy groups -OCH3 is 2. The van der Waals surface area contributed by atoms with E-state index in [1.54, 1.807) is 27.0 Å². The van der Waals surface area contributed by atoms with Crippen molar-refractivity contribution in [2.24, 2.45) is 0 Å². The highest BCUT2D eigenvalue weighted by molar-refractivity contribution is 7.89. The smallest absolute Gasteiger partial charge is 0.251 e. The van der Waals surface area contributed by atoms with Crippen molar-refractivity contribution in [3.8, 4) is 5.75 Å². The maximum Gasteiger partial charge on any atom is 0.251 e. The van der Waals surface area contributed by atoms with Gasteiger partial charge in [0.05, 0.1) is 20.3 Å². The first-order chi connectivity index (χ1) is 12.9. The molecule has 0 unspecified atom stereocenters. The second-order valence-electron chi connectivity index (χ2n) is 5.67. The number of carbonyl (C=O) groups is 1. The van der Waals surface area contributed by atoms with Crippen LogP contribution in [0.4, 0.5) is 0 Å². The molecule has 1 amide bonds. The number of hydrogen-bond donors (Lipinski definition) is 1. The predicted molar refractivity (Wildman–Crippen MR) is 103 cm³/mol. The van der Waals surface area contributed by atoms with E-state index in [2.05, 4.69) is 5.32 Å². The van der Waals surface area contributed by atoms with Gasteiger partial charge in [0.15, 0.2) is 0 Å². The maximum atomic E-state index is 12.8. The number of hydrogen-bond acceptors (Lipinski definition) is 6. The standard InChI is InChI=1S/C18H30N2O6S/c1-5-20(6-2)27(22,23)17-14-15(8-9-16(17)25-4)18(21)19-10-7-11-26-13-12-24-3/h8-9,14H,5-7,10-13H2,1-4H3,(H,19,21). The molecule has 0 bridgehead atoms. The molecule has 0 atom stereocenters. The van der Waals surface area contributed by atoms with E-state index in [0.717, 1.165) is 0 Å². The quantitative estimate of drug-likeness (QED) is 0.503. The van der Waals surface area contributed by atoms with E-state index in [4.69, 9.17) is 14.2 Å². The maximum absolute atomic E-state index is 12.8. The van der Waals surface area contributed by atoms with E-state index in [9.17, 15) is 13.2 Å². The van der Waals surface area contributed by atoms with E-state index in [1.165, 1.54) is 23.5 Å². The Morgan fingerprint density at radius 2 is 1.81 bits per heavy atom. The molecule has 9 heteroatoms. The number of sulfonamides is 1. The Balaban J connectivity index is 2.81. The highest BCUT2D eigenvalue weighted by Gasteiger charge is 2.26. The van der Waals surface area contributed by atoms with E-state index in [0.29, 0.717) is 45.9 Å². The lowest BCUT2D eigenvalue weighted by molar-refractivity contribution is 0.0688. The average molecular weight is 403 g/mol. The van der Waals surface area contributed by atoms with Gasteiger partial charge in [0.25, 0.3) is 5.91 Å². The lowest BCUT2D eigenvalue weighted by Gasteiger charge is -2.20. The molecular weight excluding hydrogens is 372 g/mol. The summed E-state index contributed by atoms with van der Waals surface area (Å²) in [5.74, 6) is -0.129. The highest BCUT2D eigenvalue weighted by atomic mass is 32.2. The first-order valence-electron chi connectivity index (χ1n) is 8.95. The normalized spacial score (nSPS) is 11.6. The summed E-state index contributed by atoms with van der Waals surface area (Å²) >= 11 is 0. The van der Waals surface area contributed by atoms with Crippen molar-refractivity contribution >= 4 is 15.9 Å². The minimum Gasteiger partial charge on any atom is -0.495 e. The molecule has 0 aromatic heterocycles. The fourth-order valence-electron chi connectivity index (χ4n) is 2.44. The molecule has 0 saturated carbocycles. The molecule has 8 nitrogen and oxygen atoms in total. The van der Waals surface area contributed by atoms with E-state index >= 15 is 0 Å². The van der Waals surface area contributed by atoms with Crippen LogP contribution >= 0.6 is 0 Å². The molecule has 1 N–H and O–H groups in total. The third-order valence-electron chi connectivity index (χ3n) is 3.93. The molecule has 1 aromatic carbocycles. The van der Waals surface area contributed by atoms with Crippen LogP contribution in [0.3, 0.4) is 0 Å². The van der Waals surface area contributed by atoms with Crippen molar-refractivity contribution in [1.29, 1.82) is 0 Å². The number of nitrogens with zero attached hydrogens (tertiary/aromatic N) is 1. The van der Waals surface area contributed by atoms with Gasteiger partial charge in [-0.2, -0.15) is 4.31 Å². The van der Waals surface area contributed by atoms with Gasteiger partial charge in [-0.25, -0.2) is 8.42 Å². The fourth-order valence-corrected chi connectivity index (χ4v) is 4.08. The molecule has 0 spiro atoms. The Hall–Kier alpha value is -1.68. The molecular formula is C18H30N2O6S. The third kappa shape index (κ3) is 6.76. The SMILES string of the molecule is CCN(CC)S(=O)(=O)c1cc(C(=O)NCCCOCCOC)ccc1OC. The summed E-state index contributed by atoms with van der Waals surface area (Å²) in [6.45, 7) is 6.17. The van der Waals surface area contributed by atoms with E-state index in [-0.39, 0.29) is 22.1 Å². The van der Waals surface area contributed by atoms with Gasteiger partial charge in [0, 0.05) is 38.9 Å². The molecule has 0 fully saturated rings. The predicted octanol–water partition coefficient (Wildman–Crippen LogP) is 1.51. The third-order valence-corrected chi connectivity index (χ3v) is 6.00. The van der Waals surface area contributed by atoms with Gasteiger partial charge >= 0.3 is 0 Å². The zero-order chi connectivity index (χ0) is 20.3. The van der Waals surface area contributed by atoms with Gasteiger partial charge < -0.3 is 19.5 Å². The lowest BCUT2D eigenvalue weighted by atomic mass is 10.2. The zero-order valence-corrected chi connectivity index (χ0v) is 17.3. The fraction of sp³-hybridized carbons (Fsp3) is 0.611. The van der Waals surface area contributed by atoms with Gasteiger partial charge in [0.2, 0.25) is 10.0 Å². The van der Waals surface area contributed by atoms with Crippen LogP contribution in [0.2, 0.25) is 0 Å². The molecule has 0 heterocycles. The number of carbonyl (C=O) groups excluding carboxylic acids is 1. The Kier molecular flexibility index (Phi) is 10.3. The molecule has 27 heavy (non-hydrogen) atoms. The summed E-state index contributed by atoms with van der Waals surface area (Å²) in [5.41, 5.74) is 0.266. The summed E-state index contributed by atoms with van der Waals surface area (Å²) in [4.78, 5) is 12.3. The summed E-state index contributed by atoms with van der Waals surface area (Å²) in [6.07, 6.45) is 0.649. The Morgan fingerprint density at radius 3 is 2.41 bits per heavy atom. The second-order valence-corrected chi connectivity index (χ2v) is 7.58. The average Bonchev–Trinajstić information content (AvgIpc) is 2.67. The van der Waals surface area contributed by atoms with Crippen molar-refractivity contribution in [3.63, 3.8) is 0 Å². The molecule has 154 valence electrons. The van der Waals surface area contributed by atoms with Crippen molar-refractivity contribution in [1.82, 2.24) is 9.62 Å². The van der Waals surface area contributed by atoms with Crippen molar-refractivity contribution < 1.29 is 27.4 Å². The van der Waals surface area contributed by atoms with Crippen LogP contribution in [0.15, 0.2) is 23.1 Å². The van der Waals surface area contributed by atoms with Crippen LogP contribution in [-0.4, -0.2) is 72.3 Å². The largest absolute Gasteiger partial charge is 0.495 e. The van der Waals surface area contributed by atoms with Crippen LogP contribution in [0.5, 0.6) is 5.75 Å². The van der Waals surface area contributed by atoms with E-state index in [1.807, 2.05) is 0 Å². The van der Waals surface area contributed by atoms with Crippen LogP contribution in [0, 0.1) is 0 Å². The van der Waals surface area contributed by atoms with Crippen LogP contribution < -0.4 is 10.1 Å². The lowest BCUT2D eigenvalue weighted by Crippen LogP contribution is -2.31. The Labute approximate surface area is 161 Å². The number of nitrogens with one attached hydrogen (secondary N) is 1. The Bertz CT molecular complexity index is 689. The van der Waals surface area contributed by atoms with Gasteiger partial charge in [-0.3, -0.25) is 4.79 Å². The van der Waals surface area contributed by atoms with Crippen molar-refractivity contribution in [2.75, 3.05) is 53.7 Å². The minimum atomic E-state index is -3.74. The van der Waals surface area contributed by atoms with Crippen LogP contribution in [-0.2, 0) is 19.5 Å². The van der Waals surface area contributed by atoms with Gasteiger partial charge in [-0.1, -0.05) is 13.8 Å². The number of benzene rings is 1. The number of rotatable bonds is 13. The molecule has 1 aromatic rings. The topological polar surface area (TPSA) is 94.2 Å². The van der Waals surface area contributed by atoms with Gasteiger partial charge in [0.1, 0.15) is 10.6 Å². The van der Waals surface area contributed by atoms with Gasteiger partial charge in [-0.05, 0) is 24.6 Å². The number of amides is 1. The summed E-state index contributed by atoms with van der Waals surface area (Å²) in [5, 5.41) is 2.76. The van der Waals surface area contributed by atoms with Crippen LogP contribution in [0.1, 0.15) is 30.6 Å². The van der Waals surface area contributed by atoms with Gasteiger partial charge in [-0.15, -0.1) is 0 Å². The molecule has 0 radical (unpaired) electrons. The summed E-state index contributed by atoms with van der Waals surface area (Å²) in [6, 6.07) is 4.40. The molecule has 1 rings (SSSR count). The first kappa shape index (κ1) is 23.4. The van der Waals surface area contributed by atoms with E-state index < -0.39 is 10.0 Å². The molecule has 0 aliphatic heterocycles. The molecule has 0 aliphatic rings. The monoisotopic (exact) mass is 402 g/mol. The minimum absolute atomic E-state index is 0.00995. The van der Waals surface area contributed by atoms with Crippen molar-refractivity contribution in [3.05, 3.63) is 23.8 Å². The Morgan fingerprint density at radius 1 is 1.11 bits per heavy atom. The second kappa shape index (κ2) is 11.9. The van der Waals surface area contributed by atoms with Crippen LogP contribution in [0.25, 0.3) is 0 Å². The first-order valence-corrected chi connectivity index (χ1v) is 10.4. The molecule has 0 aliphatic carbocycles. The van der Waals surface area contributed by atoms with Crippen molar-refractivity contribution in [2.45, 2.75) is 25.2 Å².